The molecule has 0 spiro atoms. The SMILES string of the molecule is N#Cc1c2c(nn1C1CCOCC1)CNC2. The number of aromatic nitrogens is 2. The zero-order valence-corrected chi connectivity index (χ0v) is 9.07. The van der Waals surface area contributed by atoms with Crippen molar-refractivity contribution < 1.29 is 4.74 Å². The van der Waals surface area contributed by atoms with Crippen molar-refractivity contribution in [3.8, 4) is 6.07 Å². The number of fused-ring (bicyclic) bond motifs is 1. The van der Waals surface area contributed by atoms with Crippen molar-refractivity contribution in [2.24, 2.45) is 0 Å². The van der Waals surface area contributed by atoms with Crippen LogP contribution in [0.3, 0.4) is 0 Å². The van der Waals surface area contributed by atoms with Crippen LogP contribution < -0.4 is 5.32 Å². The molecule has 0 aromatic carbocycles. The molecule has 0 atom stereocenters. The molecule has 0 bridgehead atoms. The fourth-order valence-corrected chi connectivity index (χ4v) is 2.46. The van der Waals surface area contributed by atoms with Crippen molar-refractivity contribution in [1.29, 1.82) is 5.26 Å². The molecule has 0 saturated carbocycles. The standard InChI is InChI=1S/C11H14N4O/c12-5-11-9-6-13-7-10(9)14-15(11)8-1-3-16-4-2-8/h8,13H,1-4,6-7H2. The summed E-state index contributed by atoms with van der Waals surface area (Å²) in [5.74, 6) is 0. The van der Waals surface area contributed by atoms with E-state index in [1.807, 2.05) is 4.68 Å². The number of rotatable bonds is 1. The van der Waals surface area contributed by atoms with Crippen molar-refractivity contribution in [2.75, 3.05) is 13.2 Å². The lowest BCUT2D eigenvalue weighted by molar-refractivity contribution is 0.0658. The Hall–Kier alpha value is -1.38. The van der Waals surface area contributed by atoms with Crippen molar-refractivity contribution in [3.63, 3.8) is 0 Å². The minimum absolute atomic E-state index is 0.342. The first kappa shape index (κ1) is 9.82. The Morgan fingerprint density at radius 1 is 1.38 bits per heavy atom. The highest BCUT2D eigenvalue weighted by molar-refractivity contribution is 5.38. The average Bonchev–Trinajstić information content (AvgIpc) is 2.89. The maximum atomic E-state index is 9.23. The Labute approximate surface area is 94.0 Å². The van der Waals surface area contributed by atoms with Gasteiger partial charge in [0, 0.05) is 31.9 Å². The Morgan fingerprint density at radius 3 is 2.94 bits per heavy atom. The molecule has 84 valence electrons. The van der Waals surface area contributed by atoms with E-state index < -0.39 is 0 Å². The predicted molar refractivity (Wildman–Crippen MR) is 56.6 cm³/mol. The van der Waals surface area contributed by atoms with Crippen LogP contribution >= 0.6 is 0 Å². The Balaban J connectivity index is 1.97. The van der Waals surface area contributed by atoms with Crippen molar-refractivity contribution in [2.45, 2.75) is 32.0 Å². The molecule has 0 aliphatic carbocycles. The van der Waals surface area contributed by atoms with Crippen LogP contribution in [0.4, 0.5) is 0 Å². The fraction of sp³-hybridized carbons (Fsp3) is 0.636. The average molecular weight is 218 g/mol. The van der Waals surface area contributed by atoms with Crippen LogP contribution in [-0.2, 0) is 17.8 Å². The topological polar surface area (TPSA) is 62.9 Å². The lowest BCUT2D eigenvalue weighted by Gasteiger charge is -2.23. The van der Waals surface area contributed by atoms with Gasteiger partial charge < -0.3 is 10.1 Å². The highest BCUT2D eigenvalue weighted by Crippen LogP contribution is 2.26. The molecule has 3 heterocycles. The van der Waals surface area contributed by atoms with Crippen LogP contribution in [0.25, 0.3) is 0 Å². The molecule has 0 radical (unpaired) electrons. The van der Waals surface area contributed by atoms with Crippen molar-refractivity contribution in [3.05, 3.63) is 17.0 Å². The predicted octanol–water partition coefficient (Wildman–Crippen LogP) is 0.709. The fourth-order valence-electron chi connectivity index (χ4n) is 2.46. The van der Waals surface area contributed by atoms with E-state index in [1.165, 1.54) is 0 Å². The smallest absolute Gasteiger partial charge is 0.143 e. The van der Waals surface area contributed by atoms with Crippen LogP contribution in [0.2, 0.25) is 0 Å². The highest BCUT2D eigenvalue weighted by Gasteiger charge is 2.26. The first-order chi connectivity index (χ1) is 7.90. The molecule has 0 amide bonds. The van der Waals surface area contributed by atoms with Crippen LogP contribution in [0.15, 0.2) is 0 Å². The van der Waals surface area contributed by atoms with Gasteiger partial charge in [0.25, 0.3) is 0 Å². The highest BCUT2D eigenvalue weighted by atomic mass is 16.5. The van der Waals surface area contributed by atoms with Gasteiger partial charge in [-0.15, -0.1) is 0 Å². The van der Waals surface area contributed by atoms with E-state index in [4.69, 9.17) is 4.74 Å². The number of ether oxygens (including phenoxy) is 1. The number of nitrogens with zero attached hydrogens (tertiary/aromatic N) is 3. The molecule has 1 fully saturated rings. The number of nitriles is 1. The number of hydrogen-bond acceptors (Lipinski definition) is 4. The van der Waals surface area contributed by atoms with Crippen LogP contribution in [0.5, 0.6) is 0 Å². The lowest BCUT2D eigenvalue weighted by Crippen LogP contribution is -2.22. The Morgan fingerprint density at radius 2 is 2.19 bits per heavy atom. The summed E-state index contributed by atoms with van der Waals surface area (Å²) in [6.45, 7) is 3.12. The lowest BCUT2D eigenvalue weighted by atomic mass is 10.1. The second-order valence-electron chi connectivity index (χ2n) is 4.28. The van der Waals surface area contributed by atoms with Gasteiger partial charge in [-0.25, -0.2) is 0 Å². The van der Waals surface area contributed by atoms with Gasteiger partial charge in [0.15, 0.2) is 0 Å². The summed E-state index contributed by atoms with van der Waals surface area (Å²) in [6.07, 6.45) is 1.92. The molecule has 5 nitrogen and oxygen atoms in total. The van der Waals surface area contributed by atoms with Gasteiger partial charge in [0.1, 0.15) is 11.8 Å². The molecular weight excluding hydrogens is 204 g/mol. The summed E-state index contributed by atoms with van der Waals surface area (Å²) in [5.41, 5.74) is 2.88. The summed E-state index contributed by atoms with van der Waals surface area (Å²) >= 11 is 0. The second-order valence-corrected chi connectivity index (χ2v) is 4.28. The van der Waals surface area contributed by atoms with E-state index in [-0.39, 0.29) is 0 Å². The van der Waals surface area contributed by atoms with E-state index in [9.17, 15) is 5.26 Å². The zero-order valence-electron chi connectivity index (χ0n) is 9.07. The number of nitrogens with one attached hydrogen (secondary N) is 1. The van der Waals surface area contributed by atoms with E-state index in [0.717, 1.165) is 56.1 Å². The molecule has 0 unspecified atom stereocenters. The molecule has 5 heteroatoms. The molecule has 2 aliphatic rings. The second kappa shape index (κ2) is 3.89. The molecule has 1 saturated heterocycles. The molecule has 1 N–H and O–H groups in total. The first-order valence-electron chi connectivity index (χ1n) is 5.69. The monoisotopic (exact) mass is 218 g/mol. The van der Waals surface area contributed by atoms with Gasteiger partial charge in [0.05, 0.1) is 11.7 Å². The maximum absolute atomic E-state index is 9.23. The summed E-state index contributed by atoms with van der Waals surface area (Å²) in [4.78, 5) is 0. The summed E-state index contributed by atoms with van der Waals surface area (Å²) < 4.78 is 7.26. The Kier molecular flexibility index (Phi) is 2.39. The van der Waals surface area contributed by atoms with Crippen LogP contribution in [-0.4, -0.2) is 23.0 Å². The number of hydrogen-bond donors (Lipinski definition) is 1. The third kappa shape index (κ3) is 1.42. The summed E-state index contributed by atoms with van der Waals surface area (Å²) in [5, 5.41) is 17.0. The van der Waals surface area contributed by atoms with Crippen LogP contribution in [0, 0.1) is 11.3 Å². The van der Waals surface area contributed by atoms with Gasteiger partial charge >= 0.3 is 0 Å². The molecule has 3 rings (SSSR count). The van der Waals surface area contributed by atoms with E-state index in [0.29, 0.717) is 6.04 Å². The van der Waals surface area contributed by atoms with E-state index in [2.05, 4.69) is 16.5 Å². The van der Waals surface area contributed by atoms with Gasteiger partial charge in [0.2, 0.25) is 0 Å². The largest absolute Gasteiger partial charge is 0.381 e. The minimum atomic E-state index is 0.342. The zero-order chi connectivity index (χ0) is 11.0. The third-order valence-corrected chi connectivity index (χ3v) is 3.33. The third-order valence-electron chi connectivity index (χ3n) is 3.33. The van der Waals surface area contributed by atoms with E-state index in [1.54, 1.807) is 0 Å². The quantitative estimate of drug-likeness (QED) is 0.754. The first-order valence-corrected chi connectivity index (χ1v) is 5.69. The Bertz CT molecular complexity index is 440. The molecule has 2 aliphatic heterocycles. The van der Waals surface area contributed by atoms with Gasteiger partial charge in [-0.3, -0.25) is 4.68 Å². The summed E-state index contributed by atoms with van der Waals surface area (Å²) in [7, 11) is 0. The molecule has 16 heavy (non-hydrogen) atoms. The normalized spacial score (nSPS) is 20.7. The summed E-state index contributed by atoms with van der Waals surface area (Å²) in [6, 6.07) is 2.63. The van der Waals surface area contributed by atoms with Crippen molar-refractivity contribution >= 4 is 0 Å². The maximum Gasteiger partial charge on any atom is 0.143 e. The van der Waals surface area contributed by atoms with Crippen LogP contribution in [0.1, 0.15) is 35.8 Å². The molecular formula is C11H14N4O. The van der Waals surface area contributed by atoms with Gasteiger partial charge in [-0.2, -0.15) is 10.4 Å². The molecule has 1 aromatic rings. The van der Waals surface area contributed by atoms with Gasteiger partial charge in [-0.1, -0.05) is 0 Å². The van der Waals surface area contributed by atoms with E-state index >= 15 is 0 Å². The minimum Gasteiger partial charge on any atom is -0.381 e. The molecule has 1 aromatic heterocycles. The van der Waals surface area contributed by atoms with Crippen molar-refractivity contribution in [1.82, 2.24) is 15.1 Å². The van der Waals surface area contributed by atoms with Gasteiger partial charge in [-0.05, 0) is 12.8 Å².